The summed E-state index contributed by atoms with van der Waals surface area (Å²) in [6.45, 7) is 6.07. The molecule has 2 rings (SSSR count). The van der Waals surface area contributed by atoms with Gasteiger partial charge in [0.2, 0.25) is 6.79 Å². The Kier molecular flexibility index (Phi) is 4.64. The maximum atomic E-state index is 8.87. The molecule has 0 aromatic heterocycles. The van der Waals surface area contributed by atoms with Crippen molar-refractivity contribution in [2.45, 2.75) is 26.7 Å². The van der Waals surface area contributed by atoms with Gasteiger partial charge in [-0.25, -0.2) is 0 Å². The fraction of sp³-hybridized carbons (Fsp3) is 0.533. The van der Waals surface area contributed by atoms with Gasteiger partial charge in [0, 0.05) is 6.54 Å². The van der Waals surface area contributed by atoms with Crippen LogP contribution in [0.25, 0.3) is 0 Å². The number of benzene rings is 1. The minimum Gasteiger partial charge on any atom is -0.454 e. The van der Waals surface area contributed by atoms with E-state index in [0.717, 1.165) is 37.4 Å². The Morgan fingerprint density at radius 2 is 2.11 bits per heavy atom. The summed E-state index contributed by atoms with van der Waals surface area (Å²) in [5.41, 5.74) is 2.49. The SMILES string of the molecule is CCC(C#N)CNCCc1cc2c(cc1C)OCO2. The lowest BCUT2D eigenvalue weighted by atomic mass is 10.0. The molecule has 1 aliphatic heterocycles. The van der Waals surface area contributed by atoms with Gasteiger partial charge in [-0.1, -0.05) is 6.92 Å². The number of fused-ring (bicyclic) bond motifs is 1. The number of nitrogens with one attached hydrogen (secondary N) is 1. The number of rotatable bonds is 6. The zero-order valence-electron chi connectivity index (χ0n) is 11.5. The molecule has 0 bridgehead atoms. The molecule has 1 aromatic rings. The topological polar surface area (TPSA) is 54.3 Å². The predicted molar refractivity (Wildman–Crippen MR) is 73.3 cm³/mol. The van der Waals surface area contributed by atoms with Crippen molar-refractivity contribution in [2.75, 3.05) is 19.9 Å². The van der Waals surface area contributed by atoms with Crippen LogP contribution in [0.5, 0.6) is 11.5 Å². The fourth-order valence-electron chi connectivity index (χ4n) is 2.14. The largest absolute Gasteiger partial charge is 0.454 e. The molecule has 0 radical (unpaired) electrons. The quantitative estimate of drug-likeness (QED) is 0.798. The second-order valence-electron chi connectivity index (χ2n) is 4.82. The highest BCUT2D eigenvalue weighted by molar-refractivity contribution is 5.48. The van der Waals surface area contributed by atoms with E-state index >= 15 is 0 Å². The molecule has 1 aliphatic rings. The maximum absolute atomic E-state index is 8.87. The van der Waals surface area contributed by atoms with Crippen molar-refractivity contribution >= 4 is 0 Å². The number of nitrogens with zero attached hydrogens (tertiary/aromatic N) is 1. The fourth-order valence-corrected chi connectivity index (χ4v) is 2.14. The first kappa shape index (κ1) is 13.7. The number of hydrogen-bond donors (Lipinski definition) is 1. The number of nitriles is 1. The van der Waals surface area contributed by atoms with Crippen LogP contribution in [-0.2, 0) is 6.42 Å². The molecule has 4 heteroatoms. The molecule has 0 saturated carbocycles. The van der Waals surface area contributed by atoms with Gasteiger partial charge in [-0.3, -0.25) is 0 Å². The molecule has 0 saturated heterocycles. The van der Waals surface area contributed by atoms with Crippen LogP contribution in [0, 0.1) is 24.2 Å². The second kappa shape index (κ2) is 6.44. The van der Waals surface area contributed by atoms with Crippen LogP contribution in [0.4, 0.5) is 0 Å². The van der Waals surface area contributed by atoms with E-state index in [4.69, 9.17) is 14.7 Å². The first-order valence-corrected chi connectivity index (χ1v) is 6.74. The van der Waals surface area contributed by atoms with E-state index in [9.17, 15) is 0 Å². The third-order valence-corrected chi connectivity index (χ3v) is 3.47. The van der Waals surface area contributed by atoms with Crippen molar-refractivity contribution in [3.05, 3.63) is 23.3 Å². The van der Waals surface area contributed by atoms with Crippen LogP contribution < -0.4 is 14.8 Å². The second-order valence-corrected chi connectivity index (χ2v) is 4.82. The van der Waals surface area contributed by atoms with Crippen LogP contribution in [-0.4, -0.2) is 19.9 Å². The summed E-state index contributed by atoms with van der Waals surface area (Å²) in [7, 11) is 0. The molecule has 19 heavy (non-hydrogen) atoms. The first-order chi connectivity index (χ1) is 9.24. The van der Waals surface area contributed by atoms with E-state index in [1.807, 2.05) is 13.0 Å². The summed E-state index contributed by atoms with van der Waals surface area (Å²) in [5.74, 6) is 1.78. The Morgan fingerprint density at radius 3 is 2.79 bits per heavy atom. The van der Waals surface area contributed by atoms with Crippen molar-refractivity contribution in [2.24, 2.45) is 5.92 Å². The molecule has 1 heterocycles. The third kappa shape index (κ3) is 3.39. The highest BCUT2D eigenvalue weighted by atomic mass is 16.7. The lowest BCUT2D eigenvalue weighted by Gasteiger charge is -2.10. The van der Waals surface area contributed by atoms with Crippen LogP contribution in [0.2, 0.25) is 0 Å². The monoisotopic (exact) mass is 260 g/mol. The van der Waals surface area contributed by atoms with E-state index in [1.165, 1.54) is 11.1 Å². The van der Waals surface area contributed by atoms with Crippen LogP contribution in [0.1, 0.15) is 24.5 Å². The molecule has 1 unspecified atom stereocenters. The first-order valence-electron chi connectivity index (χ1n) is 6.74. The number of aryl methyl sites for hydroxylation is 1. The van der Waals surface area contributed by atoms with Crippen LogP contribution in [0.15, 0.2) is 12.1 Å². The van der Waals surface area contributed by atoms with Crippen LogP contribution >= 0.6 is 0 Å². The van der Waals surface area contributed by atoms with Gasteiger partial charge in [0.15, 0.2) is 11.5 Å². The predicted octanol–water partition coefficient (Wildman–Crippen LogP) is 2.41. The summed E-state index contributed by atoms with van der Waals surface area (Å²) < 4.78 is 10.7. The molecule has 0 aliphatic carbocycles. The molecular weight excluding hydrogens is 240 g/mol. The van der Waals surface area contributed by atoms with Crippen molar-refractivity contribution in [1.82, 2.24) is 5.32 Å². The summed E-state index contributed by atoms with van der Waals surface area (Å²) in [6, 6.07) is 6.38. The third-order valence-electron chi connectivity index (χ3n) is 3.47. The van der Waals surface area contributed by atoms with E-state index in [-0.39, 0.29) is 5.92 Å². The molecule has 102 valence electrons. The average molecular weight is 260 g/mol. The number of ether oxygens (including phenoxy) is 2. The Balaban J connectivity index is 1.85. The highest BCUT2D eigenvalue weighted by Crippen LogP contribution is 2.34. The van der Waals surface area contributed by atoms with Gasteiger partial charge >= 0.3 is 0 Å². The van der Waals surface area contributed by atoms with E-state index in [2.05, 4.69) is 24.4 Å². The summed E-state index contributed by atoms with van der Waals surface area (Å²) in [4.78, 5) is 0. The minimum atomic E-state index is 0.109. The molecule has 4 nitrogen and oxygen atoms in total. The smallest absolute Gasteiger partial charge is 0.231 e. The van der Waals surface area contributed by atoms with Gasteiger partial charge in [0.25, 0.3) is 0 Å². The lowest BCUT2D eigenvalue weighted by Crippen LogP contribution is -2.24. The van der Waals surface area contributed by atoms with Crippen molar-refractivity contribution in [3.8, 4) is 17.6 Å². The van der Waals surface area contributed by atoms with Crippen molar-refractivity contribution in [1.29, 1.82) is 5.26 Å². The summed E-state index contributed by atoms with van der Waals surface area (Å²) >= 11 is 0. The highest BCUT2D eigenvalue weighted by Gasteiger charge is 2.15. The van der Waals surface area contributed by atoms with Crippen molar-refractivity contribution < 1.29 is 9.47 Å². The molecule has 0 fully saturated rings. The number of hydrogen-bond acceptors (Lipinski definition) is 4. The molecule has 1 atom stereocenters. The summed E-state index contributed by atoms with van der Waals surface area (Å²) in [5, 5.41) is 12.2. The molecule has 1 N–H and O–H groups in total. The van der Waals surface area contributed by atoms with Gasteiger partial charge in [-0.15, -0.1) is 0 Å². The van der Waals surface area contributed by atoms with Crippen molar-refractivity contribution in [3.63, 3.8) is 0 Å². The molecule has 1 aromatic carbocycles. The Bertz CT molecular complexity index is 480. The Labute approximate surface area is 114 Å². The average Bonchev–Trinajstić information content (AvgIpc) is 2.86. The van der Waals surface area contributed by atoms with Gasteiger partial charge in [-0.05, 0) is 49.6 Å². The lowest BCUT2D eigenvalue weighted by molar-refractivity contribution is 0.174. The minimum absolute atomic E-state index is 0.109. The zero-order chi connectivity index (χ0) is 13.7. The van der Waals surface area contributed by atoms with Gasteiger partial charge < -0.3 is 14.8 Å². The molecular formula is C15H20N2O2. The molecule has 0 spiro atoms. The molecule has 0 amide bonds. The van der Waals surface area contributed by atoms with E-state index in [1.54, 1.807) is 0 Å². The van der Waals surface area contributed by atoms with Gasteiger partial charge in [0.1, 0.15) is 0 Å². The zero-order valence-corrected chi connectivity index (χ0v) is 11.5. The van der Waals surface area contributed by atoms with E-state index in [0.29, 0.717) is 6.79 Å². The van der Waals surface area contributed by atoms with E-state index < -0.39 is 0 Å². The Hall–Kier alpha value is -1.73. The Morgan fingerprint density at radius 1 is 1.37 bits per heavy atom. The standard InChI is InChI=1S/C15H20N2O2/c1-3-12(8-16)9-17-5-4-13-7-15-14(6-11(13)2)18-10-19-15/h6-7,12,17H,3-5,9-10H2,1-2H3. The van der Waals surface area contributed by atoms with Gasteiger partial charge in [-0.2, -0.15) is 5.26 Å². The van der Waals surface area contributed by atoms with Crippen LogP contribution in [0.3, 0.4) is 0 Å². The van der Waals surface area contributed by atoms with Gasteiger partial charge in [0.05, 0.1) is 12.0 Å². The normalized spacial score (nSPS) is 14.2. The maximum Gasteiger partial charge on any atom is 0.231 e. The summed E-state index contributed by atoms with van der Waals surface area (Å²) in [6.07, 6.45) is 1.83.